The molecular formula is C20H20ClN3O. The molecule has 2 aromatic rings. The van der Waals surface area contributed by atoms with Crippen LogP contribution in [0.3, 0.4) is 0 Å². The minimum Gasteiger partial charge on any atom is -0.337 e. The second-order valence-corrected chi connectivity index (χ2v) is 6.68. The summed E-state index contributed by atoms with van der Waals surface area (Å²) in [5.41, 5.74) is 2.33. The normalized spacial score (nSPS) is 15.4. The van der Waals surface area contributed by atoms with Crippen LogP contribution < -0.4 is 0 Å². The minimum absolute atomic E-state index is 0.00504. The summed E-state index contributed by atoms with van der Waals surface area (Å²) in [6.45, 7) is 4.11. The van der Waals surface area contributed by atoms with Crippen molar-refractivity contribution in [1.29, 1.82) is 5.26 Å². The molecule has 1 amide bonds. The summed E-state index contributed by atoms with van der Waals surface area (Å²) in [7, 11) is 0. The lowest BCUT2D eigenvalue weighted by atomic mass is 10.1. The molecular weight excluding hydrogens is 334 g/mol. The third-order valence-corrected chi connectivity index (χ3v) is 4.69. The first kappa shape index (κ1) is 17.5. The highest BCUT2D eigenvalue weighted by Gasteiger charge is 2.20. The van der Waals surface area contributed by atoms with Crippen molar-refractivity contribution in [1.82, 2.24) is 9.80 Å². The van der Waals surface area contributed by atoms with Crippen LogP contribution in [0.4, 0.5) is 0 Å². The Morgan fingerprint density at radius 2 is 1.88 bits per heavy atom. The second-order valence-electron chi connectivity index (χ2n) is 6.24. The molecule has 1 aliphatic rings. The van der Waals surface area contributed by atoms with Crippen molar-refractivity contribution in [2.75, 3.05) is 26.2 Å². The lowest BCUT2D eigenvalue weighted by Crippen LogP contribution is -2.35. The van der Waals surface area contributed by atoms with E-state index in [2.05, 4.69) is 11.0 Å². The van der Waals surface area contributed by atoms with Crippen LogP contribution in [0.5, 0.6) is 0 Å². The smallest absolute Gasteiger partial charge is 0.253 e. The Kier molecular flexibility index (Phi) is 5.70. The Balaban J connectivity index is 1.62. The first-order chi connectivity index (χ1) is 12.2. The number of hydrogen-bond donors (Lipinski definition) is 0. The molecule has 1 fully saturated rings. The monoisotopic (exact) mass is 353 g/mol. The van der Waals surface area contributed by atoms with E-state index in [1.165, 1.54) is 5.56 Å². The quantitative estimate of drug-likeness (QED) is 0.847. The molecule has 0 radical (unpaired) electrons. The Morgan fingerprint density at radius 3 is 2.64 bits per heavy atom. The van der Waals surface area contributed by atoms with Crippen LogP contribution in [-0.4, -0.2) is 41.9 Å². The lowest BCUT2D eigenvalue weighted by Gasteiger charge is -2.22. The first-order valence-corrected chi connectivity index (χ1v) is 8.80. The number of amides is 1. The maximum atomic E-state index is 12.7. The number of nitrogens with zero attached hydrogens (tertiary/aromatic N) is 3. The van der Waals surface area contributed by atoms with Gasteiger partial charge in [-0.1, -0.05) is 29.8 Å². The molecule has 0 bridgehead atoms. The molecule has 25 heavy (non-hydrogen) atoms. The summed E-state index contributed by atoms with van der Waals surface area (Å²) in [5.74, 6) is 0.00504. The summed E-state index contributed by atoms with van der Waals surface area (Å²) < 4.78 is 0. The summed E-state index contributed by atoms with van der Waals surface area (Å²) in [4.78, 5) is 17.0. The van der Waals surface area contributed by atoms with Gasteiger partial charge in [0.1, 0.15) is 0 Å². The maximum absolute atomic E-state index is 12.7. The van der Waals surface area contributed by atoms with Gasteiger partial charge >= 0.3 is 0 Å². The van der Waals surface area contributed by atoms with E-state index in [1.54, 1.807) is 24.3 Å². The van der Waals surface area contributed by atoms with Crippen LogP contribution >= 0.6 is 11.6 Å². The molecule has 0 aliphatic carbocycles. The Bertz CT molecular complexity index is 782. The zero-order valence-corrected chi connectivity index (χ0v) is 14.7. The summed E-state index contributed by atoms with van der Waals surface area (Å²) in [5, 5.41) is 9.75. The molecule has 3 rings (SSSR count). The predicted molar refractivity (Wildman–Crippen MR) is 98.4 cm³/mol. The van der Waals surface area contributed by atoms with Crippen LogP contribution in [0, 0.1) is 11.3 Å². The minimum atomic E-state index is 0.00504. The fourth-order valence-electron chi connectivity index (χ4n) is 3.08. The second kappa shape index (κ2) is 8.15. The zero-order chi connectivity index (χ0) is 17.6. The molecule has 1 heterocycles. The van der Waals surface area contributed by atoms with Gasteiger partial charge in [0, 0.05) is 43.3 Å². The summed E-state index contributed by atoms with van der Waals surface area (Å²) in [6, 6.07) is 16.9. The van der Waals surface area contributed by atoms with Crippen LogP contribution in [0.2, 0.25) is 5.02 Å². The number of rotatable bonds is 3. The van der Waals surface area contributed by atoms with Gasteiger partial charge in [-0.2, -0.15) is 5.26 Å². The van der Waals surface area contributed by atoms with Crippen LogP contribution in [0.15, 0.2) is 48.5 Å². The highest BCUT2D eigenvalue weighted by atomic mass is 35.5. The standard InChI is InChI=1S/C20H20ClN3O/c21-19-7-5-16(6-8-19)15-23-9-2-10-24(12-11-23)20(25)18-4-1-3-17(13-18)14-22/h1,3-8,13H,2,9-12,15H2. The van der Waals surface area contributed by atoms with Gasteiger partial charge in [-0.3, -0.25) is 9.69 Å². The van der Waals surface area contributed by atoms with Crippen molar-refractivity contribution >= 4 is 17.5 Å². The molecule has 2 aromatic carbocycles. The molecule has 128 valence electrons. The molecule has 0 saturated carbocycles. The van der Waals surface area contributed by atoms with Crippen molar-refractivity contribution in [2.24, 2.45) is 0 Å². The van der Waals surface area contributed by atoms with Gasteiger partial charge in [0.25, 0.3) is 5.91 Å². The lowest BCUT2D eigenvalue weighted by molar-refractivity contribution is 0.0761. The Hall–Kier alpha value is -2.35. The van der Waals surface area contributed by atoms with E-state index >= 15 is 0 Å². The van der Waals surface area contributed by atoms with Crippen LogP contribution in [-0.2, 0) is 6.54 Å². The average Bonchev–Trinajstić information content (AvgIpc) is 2.88. The van der Waals surface area contributed by atoms with Crippen molar-refractivity contribution in [3.8, 4) is 6.07 Å². The SMILES string of the molecule is N#Cc1cccc(C(=O)N2CCCN(Cc3ccc(Cl)cc3)CC2)c1. The van der Waals surface area contributed by atoms with Gasteiger partial charge in [-0.25, -0.2) is 0 Å². The summed E-state index contributed by atoms with van der Waals surface area (Å²) in [6.07, 6.45) is 0.942. The zero-order valence-electron chi connectivity index (χ0n) is 14.0. The van der Waals surface area contributed by atoms with E-state index in [0.29, 0.717) is 17.7 Å². The number of hydrogen-bond acceptors (Lipinski definition) is 3. The predicted octanol–water partition coefficient (Wildman–Crippen LogP) is 3.56. The fraction of sp³-hybridized carbons (Fsp3) is 0.300. The molecule has 0 N–H and O–H groups in total. The molecule has 1 aliphatic heterocycles. The van der Waals surface area contributed by atoms with Gasteiger partial charge in [-0.15, -0.1) is 0 Å². The fourth-order valence-corrected chi connectivity index (χ4v) is 3.21. The number of carbonyl (C=O) groups excluding carboxylic acids is 1. The third kappa shape index (κ3) is 4.60. The average molecular weight is 354 g/mol. The number of nitriles is 1. The topological polar surface area (TPSA) is 47.3 Å². The van der Waals surface area contributed by atoms with Gasteiger partial charge in [-0.05, 0) is 42.3 Å². The third-order valence-electron chi connectivity index (χ3n) is 4.43. The van der Waals surface area contributed by atoms with Crippen molar-refractivity contribution in [3.05, 3.63) is 70.2 Å². The molecule has 0 unspecified atom stereocenters. The molecule has 0 aromatic heterocycles. The van der Waals surface area contributed by atoms with Crippen molar-refractivity contribution in [3.63, 3.8) is 0 Å². The number of benzene rings is 2. The van der Waals surface area contributed by atoms with E-state index in [-0.39, 0.29) is 5.91 Å². The van der Waals surface area contributed by atoms with E-state index < -0.39 is 0 Å². The largest absolute Gasteiger partial charge is 0.337 e. The van der Waals surface area contributed by atoms with Crippen LogP contribution in [0.1, 0.15) is 27.9 Å². The molecule has 0 atom stereocenters. The van der Waals surface area contributed by atoms with Gasteiger partial charge in [0.2, 0.25) is 0 Å². The number of halogens is 1. The van der Waals surface area contributed by atoms with Gasteiger partial charge in [0.15, 0.2) is 0 Å². The highest BCUT2D eigenvalue weighted by Crippen LogP contribution is 2.15. The molecule has 5 heteroatoms. The van der Waals surface area contributed by atoms with E-state index in [1.807, 2.05) is 29.2 Å². The molecule has 0 spiro atoms. The van der Waals surface area contributed by atoms with E-state index in [0.717, 1.165) is 37.6 Å². The number of carbonyl (C=O) groups is 1. The first-order valence-electron chi connectivity index (χ1n) is 8.42. The summed E-state index contributed by atoms with van der Waals surface area (Å²) >= 11 is 5.94. The Labute approximate surface area is 153 Å². The highest BCUT2D eigenvalue weighted by molar-refractivity contribution is 6.30. The van der Waals surface area contributed by atoms with E-state index in [4.69, 9.17) is 16.9 Å². The maximum Gasteiger partial charge on any atom is 0.253 e. The molecule has 1 saturated heterocycles. The van der Waals surface area contributed by atoms with E-state index in [9.17, 15) is 4.79 Å². The Morgan fingerprint density at radius 1 is 1.08 bits per heavy atom. The van der Waals surface area contributed by atoms with Gasteiger partial charge < -0.3 is 4.90 Å². The van der Waals surface area contributed by atoms with Gasteiger partial charge in [0.05, 0.1) is 11.6 Å². The molecule has 4 nitrogen and oxygen atoms in total. The van der Waals surface area contributed by atoms with Crippen LogP contribution in [0.25, 0.3) is 0 Å². The van der Waals surface area contributed by atoms with Crippen molar-refractivity contribution in [2.45, 2.75) is 13.0 Å². The van der Waals surface area contributed by atoms with Crippen molar-refractivity contribution < 1.29 is 4.79 Å².